The summed E-state index contributed by atoms with van der Waals surface area (Å²) in [6, 6.07) is 0. The standard InChI is InChI=1S/C13H23N3OS/c1-3-16-8-4-13(5-9-16,15-6-10-17-2)12-14-7-11-18-12/h7,11,15H,3-6,8-10H2,1-2H3. The number of rotatable bonds is 6. The summed E-state index contributed by atoms with van der Waals surface area (Å²) in [5.74, 6) is 0. The monoisotopic (exact) mass is 269 g/mol. The van der Waals surface area contributed by atoms with E-state index >= 15 is 0 Å². The Morgan fingerprint density at radius 1 is 1.50 bits per heavy atom. The third-order valence-electron chi connectivity index (χ3n) is 3.77. The molecule has 0 saturated carbocycles. The van der Waals surface area contributed by atoms with Crippen LogP contribution < -0.4 is 5.32 Å². The Labute approximate surface area is 113 Å². The van der Waals surface area contributed by atoms with Gasteiger partial charge in [0.15, 0.2) is 0 Å². The number of nitrogens with zero attached hydrogens (tertiary/aromatic N) is 2. The van der Waals surface area contributed by atoms with Gasteiger partial charge >= 0.3 is 0 Å². The molecule has 0 aliphatic carbocycles. The molecule has 0 atom stereocenters. The van der Waals surface area contributed by atoms with Crippen LogP contribution in [0.1, 0.15) is 24.8 Å². The summed E-state index contributed by atoms with van der Waals surface area (Å²) in [6.45, 7) is 7.32. The van der Waals surface area contributed by atoms with Crippen LogP contribution in [0.3, 0.4) is 0 Å². The molecule has 102 valence electrons. The van der Waals surface area contributed by atoms with E-state index in [9.17, 15) is 0 Å². The van der Waals surface area contributed by atoms with Gasteiger partial charge < -0.3 is 15.0 Å². The molecule has 2 rings (SSSR count). The zero-order chi connectivity index (χ0) is 12.8. The SMILES string of the molecule is CCN1CCC(NCCOC)(c2nccs2)CC1. The van der Waals surface area contributed by atoms with E-state index in [1.165, 1.54) is 5.01 Å². The molecule has 2 heterocycles. The van der Waals surface area contributed by atoms with Crippen LogP contribution in [-0.2, 0) is 10.3 Å². The maximum atomic E-state index is 5.15. The highest BCUT2D eigenvalue weighted by Crippen LogP contribution is 2.33. The molecule has 0 spiro atoms. The minimum absolute atomic E-state index is 0.0678. The predicted molar refractivity (Wildman–Crippen MR) is 75.0 cm³/mol. The largest absolute Gasteiger partial charge is 0.383 e. The van der Waals surface area contributed by atoms with Gasteiger partial charge in [-0.05, 0) is 19.4 Å². The van der Waals surface area contributed by atoms with Crippen molar-refractivity contribution in [3.63, 3.8) is 0 Å². The van der Waals surface area contributed by atoms with E-state index in [1.54, 1.807) is 18.4 Å². The van der Waals surface area contributed by atoms with E-state index < -0.39 is 0 Å². The number of nitrogens with one attached hydrogen (secondary N) is 1. The first-order valence-electron chi connectivity index (χ1n) is 6.67. The topological polar surface area (TPSA) is 37.4 Å². The number of aromatic nitrogens is 1. The zero-order valence-electron chi connectivity index (χ0n) is 11.3. The van der Waals surface area contributed by atoms with Gasteiger partial charge in [-0.3, -0.25) is 0 Å². The molecule has 1 saturated heterocycles. The van der Waals surface area contributed by atoms with Crippen LogP contribution in [0.25, 0.3) is 0 Å². The Balaban J connectivity index is 2.04. The molecule has 1 N–H and O–H groups in total. The molecule has 1 fully saturated rings. The Bertz CT molecular complexity index is 329. The highest BCUT2D eigenvalue weighted by atomic mass is 32.1. The van der Waals surface area contributed by atoms with Crippen molar-refractivity contribution in [1.82, 2.24) is 15.2 Å². The van der Waals surface area contributed by atoms with Crippen molar-refractivity contribution in [1.29, 1.82) is 0 Å². The lowest BCUT2D eigenvalue weighted by Gasteiger charge is -2.41. The van der Waals surface area contributed by atoms with Gasteiger partial charge in [-0.15, -0.1) is 11.3 Å². The van der Waals surface area contributed by atoms with Gasteiger partial charge in [-0.1, -0.05) is 6.92 Å². The van der Waals surface area contributed by atoms with Crippen LogP contribution in [0.15, 0.2) is 11.6 Å². The molecule has 0 aromatic carbocycles. The normalized spacial score (nSPS) is 20.1. The highest BCUT2D eigenvalue weighted by molar-refractivity contribution is 7.09. The first kappa shape index (κ1) is 13.9. The summed E-state index contributed by atoms with van der Waals surface area (Å²) in [7, 11) is 1.75. The maximum Gasteiger partial charge on any atom is 0.113 e. The van der Waals surface area contributed by atoms with Crippen LogP contribution in [0.5, 0.6) is 0 Å². The van der Waals surface area contributed by atoms with Crippen LogP contribution in [-0.4, -0.2) is 49.8 Å². The van der Waals surface area contributed by atoms with Gasteiger partial charge in [0.25, 0.3) is 0 Å². The van der Waals surface area contributed by atoms with Gasteiger partial charge in [0.05, 0.1) is 12.1 Å². The van der Waals surface area contributed by atoms with Crippen LogP contribution in [0, 0.1) is 0 Å². The van der Waals surface area contributed by atoms with E-state index in [0.717, 1.165) is 45.6 Å². The first-order chi connectivity index (χ1) is 8.80. The molecule has 0 bridgehead atoms. The smallest absolute Gasteiger partial charge is 0.113 e. The lowest BCUT2D eigenvalue weighted by molar-refractivity contribution is 0.123. The van der Waals surface area contributed by atoms with E-state index in [-0.39, 0.29) is 5.54 Å². The second kappa shape index (κ2) is 6.61. The van der Waals surface area contributed by atoms with Crippen molar-refractivity contribution >= 4 is 11.3 Å². The average molecular weight is 269 g/mol. The summed E-state index contributed by atoms with van der Waals surface area (Å²) >= 11 is 1.76. The van der Waals surface area contributed by atoms with Gasteiger partial charge in [0.2, 0.25) is 0 Å². The molecule has 0 radical (unpaired) electrons. The number of methoxy groups -OCH3 is 1. The molecule has 4 nitrogen and oxygen atoms in total. The minimum atomic E-state index is 0.0678. The predicted octanol–water partition coefficient (Wildman–Crippen LogP) is 1.69. The Kier molecular flexibility index (Phi) is 5.12. The molecule has 1 aliphatic heterocycles. The fraction of sp³-hybridized carbons (Fsp3) is 0.769. The maximum absolute atomic E-state index is 5.15. The van der Waals surface area contributed by atoms with Gasteiger partial charge in [0.1, 0.15) is 5.01 Å². The van der Waals surface area contributed by atoms with Crippen LogP contribution in [0.2, 0.25) is 0 Å². The fourth-order valence-electron chi connectivity index (χ4n) is 2.57. The number of ether oxygens (including phenoxy) is 1. The Morgan fingerprint density at radius 3 is 2.83 bits per heavy atom. The lowest BCUT2D eigenvalue weighted by Crippen LogP contribution is -2.51. The number of piperidine rings is 1. The van der Waals surface area contributed by atoms with Crippen LogP contribution >= 0.6 is 11.3 Å². The van der Waals surface area contributed by atoms with Gasteiger partial charge in [-0.2, -0.15) is 0 Å². The summed E-state index contributed by atoms with van der Waals surface area (Å²) < 4.78 is 5.15. The fourth-order valence-corrected chi connectivity index (χ4v) is 3.44. The average Bonchev–Trinajstić information content (AvgIpc) is 2.94. The summed E-state index contributed by atoms with van der Waals surface area (Å²) in [4.78, 5) is 7.04. The Hall–Kier alpha value is -0.490. The number of likely N-dealkylation sites (tertiary alicyclic amines) is 1. The third-order valence-corrected chi connectivity index (χ3v) is 4.75. The van der Waals surface area contributed by atoms with Crippen molar-refractivity contribution in [2.45, 2.75) is 25.3 Å². The summed E-state index contributed by atoms with van der Waals surface area (Å²) in [6.07, 6.45) is 4.18. The lowest BCUT2D eigenvalue weighted by atomic mass is 9.88. The van der Waals surface area contributed by atoms with Gasteiger partial charge in [-0.25, -0.2) is 4.98 Å². The zero-order valence-corrected chi connectivity index (χ0v) is 12.1. The van der Waals surface area contributed by atoms with Crippen molar-refractivity contribution in [2.75, 3.05) is 39.9 Å². The van der Waals surface area contributed by atoms with Crippen molar-refractivity contribution in [3.05, 3.63) is 16.6 Å². The molecule has 5 heteroatoms. The molecule has 1 aliphatic rings. The molecular weight excluding hydrogens is 246 g/mol. The number of hydrogen-bond acceptors (Lipinski definition) is 5. The highest BCUT2D eigenvalue weighted by Gasteiger charge is 2.37. The van der Waals surface area contributed by atoms with E-state index in [4.69, 9.17) is 4.74 Å². The second-order valence-electron chi connectivity index (χ2n) is 4.77. The van der Waals surface area contributed by atoms with Gasteiger partial charge in [0, 0.05) is 38.3 Å². The molecule has 0 unspecified atom stereocenters. The number of hydrogen-bond donors (Lipinski definition) is 1. The first-order valence-corrected chi connectivity index (χ1v) is 7.55. The molecule has 0 amide bonds. The van der Waals surface area contributed by atoms with E-state index in [1.807, 2.05) is 6.20 Å². The molecular formula is C13H23N3OS. The molecule has 1 aromatic heterocycles. The number of thiazole rings is 1. The van der Waals surface area contributed by atoms with Crippen molar-refractivity contribution in [2.24, 2.45) is 0 Å². The van der Waals surface area contributed by atoms with E-state index in [0.29, 0.717) is 0 Å². The third kappa shape index (κ3) is 3.09. The molecule has 18 heavy (non-hydrogen) atoms. The van der Waals surface area contributed by atoms with E-state index in [2.05, 4.69) is 27.5 Å². The quantitative estimate of drug-likeness (QED) is 0.798. The molecule has 1 aromatic rings. The van der Waals surface area contributed by atoms with Crippen molar-refractivity contribution in [3.8, 4) is 0 Å². The van der Waals surface area contributed by atoms with Crippen molar-refractivity contribution < 1.29 is 4.74 Å². The summed E-state index contributed by atoms with van der Waals surface area (Å²) in [5.41, 5.74) is 0.0678. The summed E-state index contributed by atoms with van der Waals surface area (Å²) in [5, 5.41) is 6.98. The second-order valence-corrected chi connectivity index (χ2v) is 5.67. The van der Waals surface area contributed by atoms with Crippen LogP contribution in [0.4, 0.5) is 0 Å². The minimum Gasteiger partial charge on any atom is -0.383 e. The Morgan fingerprint density at radius 2 is 2.28 bits per heavy atom.